The lowest BCUT2D eigenvalue weighted by Gasteiger charge is -2.20. The fraction of sp³-hybridized carbons (Fsp3) is 0.816. The Bertz CT molecular complexity index is 1060. The largest absolute Gasteiger partial charge is 0.472 e. The molecule has 0 aromatic heterocycles. The van der Waals surface area contributed by atoms with Crippen LogP contribution in [-0.2, 0) is 27.9 Å². The van der Waals surface area contributed by atoms with Gasteiger partial charge in [-0.3, -0.25) is 13.8 Å². The molecule has 3 N–H and O–H groups in total. The third kappa shape index (κ3) is 45.8. The Morgan fingerprint density at radius 1 is 0.542 bits per heavy atom. The predicted molar refractivity (Wildman–Crippen MR) is 247 cm³/mol. The summed E-state index contributed by atoms with van der Waals surface area (Å²) in [6.45, 7) is 3.40. The molecule has 0 aromatic rings. The number of phosphoric acid groups is 1. The lowest BCUT2D eigenvalue weighted by molar-refractivity contribution is -0.154. The van der Waals surface area contributed by atoms with E-state index in [1.807, 2.05) is 0 Å². The Kier molecular flexibility index (Phi) is 44.7. The number of unbranched alkanes of at least 4 members (excludes halogenated alkanes) is 24. The quantitative estimate of drug-likeness (QED) is 0.0237. The number of hydrogen-bond acceptors (Lipinski definition) is 8. The summed E-state index contributed by atoms with van der Waals surface area (Å²) in [6.07, 6.45) is 52.2. The molecule has 59 heavy (non-hydrogen) atoms. The van der Waals surface area contributed by atoms with E-state index < -0.39 is 39.2 Å². The van der Waals surface area contributed by atoms with E-state index in [0.717, 1.165) is 70.6 Å². The van der Waals surface area contributed by atoms with Crippen LogP contribution in [0.3, 0.4) is 0 Å². The van der Waals surface area contributed by atoms with Crippen molar-refractivity contribution in [2.45, 2.75) is 225 Å². The maximum Gasteiger partial charge on any atom is 0.472 e. The molecule has 346 valence electrons. The lowest BCUT2D eigenvalue weighted by atomic mass is 10.0. The molecule has 0 fully saturated rings. The van der Waals surface area contributed by atoms with Crippen molar-refractivity contribution in [2.24, 2.45) is 0 Å². The summed E-state index contributed by atoms with van der Waals surface area (Å²) >= 11 is 0. The van der Waals surface area contributed by atoms with Crippen LogP contribution in [-0.4, -0.2) is 66.3 Å². The van der Waals surface area contributed by atoms with E-state index in [1.54, 1.807) is 0 Å². The maximum absolute atomic E-state index is 12.6. The second-order valence-corrected chi connectivity index (χ2v) is 17.6. The zero-order chi connectivity index (χ0) is 43.2. The van der Waals surface area contributed by atoms with Gasteiger partial charge < -0.3 is 24.6 Å². The van der Waals surface area contributed by atoms with Crippen LogP contribution in [0.5, 0.6) is 0 Å². The smallest absolute Gasteiger partial charge is 0.457 e. The predicted octanol–water partition coefficient (Wildman–Crippen LogP) is 13.8. The number of esters is 1. The molecule has 0 rings (SSSR count). The second-order valence-electron chi connectivity index (χ2n) is 16.1. The Labute approximate surface area is 362 Å². The van der Waals surface area contributed by atoms with Gasteiger partial charge in [0, 0.05) is 13.0 Å². The molecule has 0 aliphatic rings. The van der Waals surface area contributed by atoms with E-state index in [4.69, 9.17) is 23.6 Å². The molecule has 3 unspecified atom stereocenters. The van der Waals surface area contributed by atoms with Crippen molar-refractivity contribution < 1.29 is 43.0 Å². The minimum absolute atomic E-state index is 0.0407. The molecule has 0 amide bonds. The molecule has 0 aliphatic heterocycles. The highest BCUT2D eigenvalue weighted by Gasteiger charge is 2.26. The van der Waals surface area contributed by atoms with Gasteiger partial charge in [-0.25, -0.2) is 4.57 Å². The van der Waals surface area contributed by atoms with Crippen LogP contribution in [0.15, 0.2) is 48.6 Å². The number of carbonyl (C=O) groups is 1. The van der Waals surface area contributed by atoms with Gasteiger partial charge >= 0.3 is 13.8 Å². The first-order valence-corrected chi connectivity index (χ1v) is 25.6. The number of rotatable bonds is 46. The van der Waals surface area contributed by atoms with Crippen LogP contribution in [0, 0.1) is 0 Å². The van der Waals surface area contributed by atoms with Crippen LogP contribution in [0.25, 0.3) is 0 Å². The van der Waals surface area contributed by atoms with E-state index in [2.05, 4.69) is 62.5 Å². The average Bonchev–Trinajstić information content (AvgIpc) is 3.23. The number of allylic oxidation sites excluding steroid dienone is 8. The van der Waals surface area contributed by atoms with Crippen LogP contribution in [0.1, 0.15) is 213 Å². The fourth-order valence-electron chi connectivity index (χ4n) is 6.64. The summed E-state index contributed by atoms with van der Waals surface area (Å²) in [4.78, 5) is 22.6. The van der Waals surface area contributed by atoms with E-state index >= 15 is 0 Å². The number of ether oxygens (including phenoxy) is 2. The molecular weight excluding hydrogens is 764 g/mol. The standard InChI is InChI=1S/C49H91O9P/c1-3-5-7-9-11-13-15-17-19-21-22-23-24-26-28-30-32-34-36-38-40-42-55-45-48(46-57-59(53,54)56-44-47(51)43-50)58-49(52)41-39-37-35-33-31-29-27-25-20-18-16-14-12-10-8-6-4-2/h6,8,12,14,18,20,27,29,47-48,50-51H,3-5,7,9-11,13,15-17,19,21-26,28,30-46H2,1-2H3,(H,53,54)/b8-6-,14-12-,20-18-,29-27-. The molecule has 0 spiro atoms. The monoisotopic (exact) mass is 855 g/mol. The Morgan fingerprint density at radius 3 is 1.46 bits per heavy atom. The molecule has 0 saturated heterocycles. The van der Waals surface area contributed by atoms with E-state index in [1.165, 1.54) is 116 Å². The molecule has 3 atom stereocenters. The van der Waals surface area contributed by atoms with Gasteiger partial charge in [-0.2, -0.15) is 0 Å². The molecule has 10 heteroatoms. The van der Waals surface area contributed by atoms with E-state index in [9.17, 15) is 19.4 Å². The third-order valence-corrected chi connectivity index (χ3v) is 11.2. The van der Waals surface area contributed by atoms with Crippen molar-refractivity contribution in [1.82, 2.24) is 0 Å². The summed E-state index contributed by atoms with van der Waals surface area (Å²) < 4.78 is 33.4. The third-order valence-electron chi connectivity index (χ3n) is 10.3. The van der Waals surface area contributed by atoms with Crippen molar-refractivity contribution >= 4 is 13.8 Å². The van der Waals surface area contributed by atoms with Crippen LogP contribution in [0.2, 0.25) is 0 Å². The first-order chi connectivity index (χ1) is 28.8. The van der Waals surface area contributed by atoms with Gasteiger partial charge in [0.15, 0.2) is 0 Å². The minimum Gasteiger partial charge on any atom is -0.457 e. The van der Waals surface area contributed by atoms with Crippen LogP contribution >= 0.6 is 7.82 Å². The minimum atomic E-state index is -4.53. The summed E-state index contributed by atoms with van der Waals surface area (Å²) in [6, 6.07) is 0. The Balaban J connectivity index is 4.11. The van der Waals surface area contributed by atoms with Crippen molar-refractivity contribution in [3.8, 4) is 0 Å². The lowest BCUT2D eigenvalue weighted by Crippen LogP contribution is -2.29. The van der Waals surface area contributed by atoms with Crippen molar-refractivity contribution in [2.75, 3.05) is 33.0 Å². The number of phosphoric ester groups is 1. The van der Waals surface area contributed by atoms with Gasteiger partial charge in [-0.1, -0.05) is 204 Å². The first kappa shape index (κ1) is 57.4. The molecule has 0 aliphatic carbocycles. The number of carbonyl (C=O) groups excluding carboxylic acids is 1. The molecule has 0 saturated carbocycles. The highest BCUT2D eigenvalue weighted by Crippen LogP contribution is 2.43. The fourth-order valence-corrected chi connectivity index (χ4v) is 7.43. The van der Waals surface area contributed by atoms with Crippen LogP contribution in [0.4, 0.5) is 0 Å². The molecule has 9 nitrogen and oxygen atoms in total. The molecular formula is C49H91O9P. The van der Waals surface area contributed by atoms with Gasteiger partial charge in [-0.05, 0) is 51.4 Å². The van der Waals surface area contributed by atoms with Crippen molar-refractivity contribution in [3.05, 3.63) is 48.6 Å². The van der Waals surface area contributed by atoms with Crippen LogP contribution < -0.4 is 0 Å². The first-order valence-electron chi connectivity index (χ1n) is 24.1. The molecule has 0 radical (unpaired) electrons. The number of aliphatic hydroxyl groups is 2. The zero-order valence-corrected chi connectivity index (χ0v) is 38.9. The maximum atomic E-state index is 12.6. The van der Waals surface area contributed by atoms with Gasteiger partial charge in [-0.15, -0.1) is 0 Å². The van der Waals surface area contributed by atoms with Gasteiger partial charge in [0.05, 0.1) is 26.4 Å². The van der Waals surface area contributed by atoms with Crippen molar-refractivity contribution in [3.63, 3.8) is 0 Å². The number of aliphatic hydroxyl groups excluding tert-OH is 2. The molecule has 0 heterocycles. The summed E-state index contributed by atoms with van der Waals surface area (Å²) in [7, 11) is -4.53. The zero-order valence-electron chi connectivity index (χ0n) is 38.0. The highest BCUT2D eigenvalue weighted by atomic mass is 31.2. The summed E-state index contributed by atoms with van der Waals surface area (Å²) in [5, 5.41) is 18.4. The van der Waals surface area contributed by atoms with Gasteiger partial charge in [0.2, 0.25) is 0 Å². The summed E-state index contributed by atoms with van der Waals surface area (Å²) in [5.41, 5.74) is 0. The Morgan fingerprint density at radius 2 is 0.966 bits per heavy atom. The SMILES string of the molecule is CC/C=C\C/C=C\C/C=C\C/C=C\CCCCCCC(=O)OC(COCCCCCCCCCCCCCCCCCCCCCCC)COP(=O)(O)OCC(O)CO. The van der Waals surface area contributed by atoms with Gasteiger partial charge in [0.1, 0.15) is 12.2 Å². The summed E-state index contributed by atoms with van der Waals surface area (Å²) in [5.74, 6) is -0.403. The molecule has 0 aromatic carbocycles. The van der Waals surface area contributed by atoms with E-state index in [0.29, 0.717) is 13.0 Å². The number of hydrogen-bond donors (Lipinski definition) is 3. The van der Waals surface area contributed by atoms with Crippen molar-refractivity contribution in [1.29, 1.82) is 0 Å². The van der Waals surface area contributed by atoms with E-state index in [-0.39, 0.29) is 19.6 Å². The normalized spacial score (nSPS) is 14.3. The topological polar surface area (TPSA) is 132 Å². The average molecular weight is 855 g/mol. The van der Waals surface area contributed by atoms with Gasteiger partial charge in [0.25, 0.3) is 0 Å². The molecule has 0 bridgehead atoms. The highest BCUT2D eigenvalue weighted by molar-refractivity contribution is 7.47. The second kappa shape index (κ2) is 45.9. The Hall–Kier alpha value is -1.58.